The summed E-state index contributed by atoms with van der Waals surface area (Å²) in [6, 6.07) is 30.0. The molecular formula is C32H33ClN6O. The first-order chi connectivity index (χ1) is 19.7. The van der Waals surface area contributed by atoms with E-state index in [1.807, 2.05) is 36.5 Å². The van der Waals surface area contributed by atoms with E-state index in [2.05, 4.69) is 79.9 Å². The topological polar surface area (TPSA) is 68.1 Å². The van der Waals surface area contributed by atoms with Gasteiger partial charge in [0.1, 0.15) is 24.4 Å². The number of piperidine rings is 1. The Bertz CT molecular complexity index is 1540. The molecule has 2 unspecified atom stereocenters. The van der Waals surface area contributed by atoms with E-state index in [-0.39, 0.29) is 0 Å². The van der Waals surface area contributed by atoms with Gasteiger partial charge in [0.05, 0.1) is 5.52 Å². The van der Waals surface area contributed by atoms with Crippen LogP contribution >= 0.6 is 11.6 Å². The van der Waals surface area contributed by atoms with Crippen LogP contribution in [0.3, 0.4) is 0 Å². The van der Waals surface area contributed by atoms with E-state index >= 15 is 0 Å². The number of rotatable bonds is 10. The van der Waals surface area contributed by atoms with Crippen LogP contribution in [0.4, 0.5) is 0 Å². The van der Waals surface area contributed by atoms with Crippen LogP contribution in [0.15, 0.2) is 97.5 Å². The van der Waals surface area contributed by atoms with E-state index in [1.54, 1.807) is 4.68 Å². The molecule has 0 bridgehead atoms. The van der Waals surface area contributed by atoms with E-state index in [0.29, 0.717) is 24.0 Å². The van der Waals surface area contributed by atoms with Gasteiger partial charge in [-0.2, -0.15) is 9.78 Å². The highest BCUT2D eigenvalue weighted by Crippen LogP contribution is 2.26. The summed E-state index contributed by atoms with van der Waals surface area (Å²) in [6.45, 7) is 3.29. The molecule has 6 rings (SSSR count). The Morgan fingerprint density at radius 3 is 2.62 bits per heavy atom. The summed E-state index contributed by atoms with van der Waals surface area (Å²) in [5, 5.41) is 9.64. The SMILES string of the molecule is Clc1ncnn1-c1ccccc1OCCN1CCC(NCc2ccnc3ccccc23)CC1Cc1ccccc1. The van der Waals surface area contributed by atoms with Crippen molar-refractivity contribution in [1.82, 2.24) is 30.0 Å². The molecule has 0 spiro atoms. The Kier molecular flexibility index (Phi) is 8.33. The van der Waals surface area contributed by atoms with Gasteiger partial charge in [-0.1, -0.05) is 60.7 Å². The molecule has 2 atom stereocenters. The zero-order chi connectivity index (χ0) is 27.1. The highest BCUT2D eigenvalue weighted by molar-refractivity contribution is 6.28. The molecule has 0 amide bonds. The molecule has 5 aromatic rings. The fourth-order valence-electron chi connectivity index (χ4n) is 5.66. The van der Waals surface area contributed by atoms with Gasteiger partial charge in [-0.05, 0) is 66.3 Å². The van der Waals surface area contributed by atoms with E-state index in [4.69, 9.17) is 16.3 Å². The standard InChI is InChI=1S/C32H33ClN6O/c33-32-36-23-37-39(32)30-12-6-7-13-31(30)40-19-18-38-17-15-26(21-27(38)20-24-8-2-1-3-9-24)35-22-25-14-16-34-29-11-5-4-10-28(25)29/h1-14,16,23,26-27,35H,15,17-22H2. The fraction of sp³-hybridized carbons (Fsp3) is 0.281. The molecule has 2 aromatic heterocycles. The molecule has 1 aliphatic rings. The number of hydrogen-bond acceptors (Lipinski definition) is 6. The normalized spacial score (nSPS) is 17.7. The predicted octanol–water partition coefficient (Wildman–Crippen LogP) is 5.71. The van der Waals surface area contributed by atoms with Gasteiger partial charge in [-0.15, -0.1) is 0 Å². The lowest BCUT2D eigenvalue weighted by Gasteiger charge is -2.40. The van der Waals surface area contributed by atoms with Gasteiger partial charge >= 0.3 is 0 Å². The number of fused-ring (bicyclic) bond motifs is 1. The molecule has 0 aliphatic carbocycles. The Morgan fingerprint density at radius 2 is 1.75 bits per heavy atom. The molecule has 1 saturated heterocycles. The molecule has 0 saturated carbocycles. The third-order valence-corrected chi connectivity index (χ3v) is 7.97. The van der Waals surface area contributed by atoms with Crippen molar-refractivity contribution in [2.45, 2.75) is 37.9 Å². The number of para-hydroxylation sites is 3. The van der Waals surface area contributed by atoms with Crippen molar-refractivity contribution in [2.75, 3.05) is 19.7 Å². The number of benzene rings is 3. The van der Waals surface area contributed by atoms with Crippen LogP contribution in [0.5, 0.6) is 5.75 Å². The Hall–Kier alpha value is -3.78. The minimum atomic E-state index is 0.313. The maximum Gasteiger partial charge on any atom is 0.225 e. The minimum absolute atomic E-state index is 0.313. The summed E-state index contributed by atoms with van der Waals surface area (Å²) in [5.41, 5.74) is 4.50. The van der Waals surface area contributed by atoms with Crippen molar-refractivity contribution < 1.29 is 4.74 Å². The van der Waals surface area contributed by atoms with Gasteiger partial charge in [-0.3, -0.25) is 9.88 Å². The second kappa shape index (κ2) is 12.6. The molecule has 7 nitrogen and oxygen atoms in total. The van der Waals surface area contributed by atoms with Crippen molar-refractivity contribution in [3.05, 3.63) is 114 Å². The summed E-state index contributed by atoms with van der Waals surface area (Å²) in [4.78, 5) is 11.1. The lowest BCUT2D eigenvalue weighted by Crippen LogP contribution is -2.50. The van der Waals surface area contributed by atoms with Gasteiger partial charge in [-0.25, -0.2) is 4.98 Å². The largest absolute Gasteiger partial charge is 0.490 e. The molecule has 1 aliphatic heterocycles. The van der Waals surface area contributed by atoms with Crippen molar-refractivity contribution in [1.29, 1.82) is 0 Å². The molecule has 40 heavy (non-hydrogen) atoms. The molecule has 204 valence electrons. The average molecular weight is 553 g/mol. The summed E-state index contributed by atoms with van der Waals surface area (Å²) >= 11 is 6.22. The zero-order valence-electron chi connectivity index (χ0n) is 22.4. The number of halogens is 1. The molecule has 3 heterocycles. The molecule has 1 fully saturated rings. The number of nitrogens with zero attached hydrogens (tertiary/aromatic N) is 5. The predicted molar refractivity (Wildman–Crippen MR) is 159 cm³/mol. The second-order valence-corrected chi connectivity index (χ2v) is 10.6. The maximum atomic E-state index is 6.28. The first kappa shape index (κ1) is 26.4. The van der Waals surface area contributed by atoms with E-state index < -0.39 is 0 Å². The summed E-state index contributed by atoms with van der Waals surface area (Å²) in [5.74, 6) is 0.746. The van der Waals surface area contributed by atoms with E-state index in [0.717, 1.165) is 55.9 Å². The maximum absolute atomic E-state index is 6.28. The van der Waals surface area contributed by atoms with Crippen LogP contribution in [-0.4, -0.2) is 56.4 Å². The van der Waals surface area contributed by atoms with Gasteiger partial charge in [0.15, 0.2) is 0 Å². The summed E-state index contributed by atoms with van der Waals surface area (Å²) < 4.78 is 7.88. The first-order valence-corrected chi connectivity index (χ1v) is 14.2. The van der Waals surface area contributed by atoms with E-state index in [9.17, 15) is 0 Å². The Morgan fingerprint density at radius 1 is 0.925 bits per heavy atom. The molecule has 3 aromatic carbocycles. The van der Waals surface area contributed by atoms with Gasteiger partial charge < -0.3 is 10.1 Å². The van der Waals surface area contributed by atoms with Gasteiger partial charge in [0.2, 0.25) is 5.28 Å². The highest BCUT2D eigenvalue weighted by Gasteiger charge is 2.28. The molecule has 0 radical (unpaired) electrons. The quantitative estimate of drug-likeness (QED) is 0.239. The van der Waals surface area contributed by atoms with Crippen LogP contribution in [0.1, 0.15) is 24.0 Å². The smallest absolute Gasteiger partial charge is 0.225 e. The third kappa shape index (κ3) is 6.17. The van der Waals surface area contributed by atoms with Crippen LogP contribution in [-0.2, 0) is 13.0 Å². The summed E-state index contributed by atoms with van der Waals surface area (Å²) in [6.07, 6.45) is 6.56. The molecule has 1 N–H and O–H groups in total. The molecule has 8 heteroatoms. The van der Waals surface area contributed by atoms with Gasteiger partial charge in [0, 0.05) is 43.3 Å². The Labute approximate surface area is 239 Å². The number of hydrogen-bond donors (Lipinski definition) is 1. The first-order valence-electron chi connectivity index (χ1n) is 13.9. The van der Waals surface area contributed by atoms with Crippen molar-refractivity contribution in [3.63, 3.8) is 0 Å². The lowest BCUT2D eigenvalue weighted by atomic mass is 9.92. The van der Waals surface area contributed by atoms with Crippen LogP contribution in [0.25, 0.3) is 16.6 Å². The Balaban J connectivity index is 1.11. The van der Waals surface area contributed by atoms with Crippen molar-refractivity contribution >= 4 is 22.5 Å². The van der Waals surface area contributed by atoms with Crippen molar-refractivity contribution in [3.8, 4) is 11.4 Å². The average Bonchev–Trinajstić information content (AvgIpc) is 3.43. The van der Waals surface area contributed by atoms with Gasteiger partial charge in [0.25, 0.3) is 0 Å². The highest BCUT2D eigenvalue weighted by atomic mass is 35.5. The third-order valence-electron chi connectivity index (χ3n) is 7.71. The lowest BCUT2D eigenvalue weighted by molar-refractivity contribution is 0.104. The second-order valence-electron chi connectivity index (χ2n) is 10.2. The number of aromatic nitrogens is 4. The summed E-state index contributed by atoms with van der Waals surface area (Å²) in [7, 11) is 0. The number of ether oxygens (including phenoxy) is 1. The minimum Gasteiger partial charge on any atom is -0.490 e. The van der Waals surface area contributed by atoms with Crippen molar-refractivity contribution in [2.24, 2.45) is 0 Å². The molecular weight excluding hydrogens is 520 g/mol. The monoisotopic (exact) mass is 552 g/mol. The number of nitrogens with one attached hydrogen (secondary N) is 1. The number of likely N-dealkylation sites (tertiary alicyclic amines) is 1. The van der Waals surface area contributed by atoms with Crippen LogP contribution in [0.2, 0.25) is 5.28 Å². The zero-order valence-corrected chi connectivity index (χ0v) is 23.1. The number of pyridine rings is 1. The fourth-order valence-corrected chi connectivity index (χ4v) is 5.84. The van der Waals surface area contributed by atoms with Crippen LogP contribution < -0.4 is 10.1 Å². The van der Waals surface area contributed by atoms with Crippen LogP contribution in [0, 0.1) is 0 Å². The van der Waals surface area contributed by atoms with E-state index in [1.165, 1.54) is 22.8 Å².